The Morgan fingerprint density at radius 2 is 2.19 bits per heavy atom. The van der Waals surface area contributed by atoms with Gasteiger partial charge in [-0.25, -0.2) is 4.39 Å². The molecular weight excluding hydrogens is 347 g/mol. The fourth-order valence-corrected chi connectivity index (χ4v) is 3.63. The number of benzene rings is 1. The monoisotopic (exact) mass is 372 g/mol. The highest BCUT2D eigenvalue weighted by molar-refractivity contribution is 5.86. The van der Waals surface area contributed by atoms with Crippen LogP contribution in [0.5, 0.6) is 0 Å². The Labute approximate surface area is 158 Å². The van der Waals surface area contributed by atoms with Gasteiger partial charge in [0.15, 0.2) is 0 Å². The summed E-state index contributed by atoms with van der Waals surface area (Å²) < 4.78 is 15.0. The average molecular weight is 372 g/mol. The minimum atomic E-state index is -0.459. The second-order valence-electron chi connectivity index (χ2n) is 7.07. The van der Waals surface area contributed by atoms with E-state index in [0.717, 1.165) is 18.4 Å². The van der Waals surface area contributed by atoms with Crippen molar-refractivity contribution in [3.8, 4) is 0 Å². The molecule has 7 heteroatoms. The second-order valence-corrected chi connectivity index (χ2v) is 7.07. The van der Waals surface area contributed by atoms with E-state index in [4.69, 9.17) is 0 Å². The van der Waals surface area contributed by atoms with Crippen molar-refractivity contribution in [1.29, 1.82) is 0 Å². The van der Waals surface area contributed by atoms with Gasteiger partial charge in [0.2, 0.25) is 11.8 Å². The maximum absolute atomic E-state index is 13.4. The summed E-state index contributed by atoms with van der Waals surface area (Å²) in [5.74, 6) is -0.494. The van der Waals surface area contributed by atoms with Gasteiger partial charge in [-0.1, -0.05) is 12.1 Å². The normalized spacial score (nSPS) is 17.7. The van der Waals surface area contributed by atoms with Crippen LogP contribution in [0.25, 0.3) is 0 Å². The Kier molecular flexibility index (Phi) is 5.88. The van der Waals surface area contributed by atoms with Gasteiger partial charge < -0.3 is 9.80 Å². The maximum atomic E-state index is 13.4. The zero-order valence-electron chi connectivity index (χ0n) is 15.7. The summed E-state index contributed by atoms with van der Waals surface area (Å²) in [6.45, 7) is 2.47. The SMILES string of the molecule is CC(C(=O)N(C)CC(=O)N1CCCC1Cc1cccc(F)c1)n1cccn1. The summed E-state index contributed by atoms with van der Waals surface area (Å²) in [7, 11) is 1.64. The van der Waals surface area contributed by atoms with Crippen LogP contribution in [0.15, 0.2) is 42.7 Å². The largest absolute Gasteiger partial charge is 0.338 e. The summed E-state index contributed by atoms with van der Waals surface area (Å²) >= 11 is 0. The molecular formula is C20H25FN4O2. The first-order valence-corrected chi connectivity index (χ1v) is 9.23. The fourth-order valence-electron chi connectivity index (χ4n) is 3.63. The Morgan fingerprint density at radius 3 is 2.89 bits per heavy atom. The number of aromatic nitrogens is 2. The van der Waals surface area contributed by atoms with E-state index < -0.39 is 6.04 Å². The van der Waals surface area contributed by atoms with E-state index >= 15 is 0 Å². The van der Waals surface area contributed by atoms with Crippen LogP contribution in [-0.2, 0) is 16.0 Å². The van der Waals surface area contributed by atoms with Crippen molar-refractivity contribution >= 4 is 11.8 Å². The molecule has 3 rings (SSSR count). The zero-order valence-corrected chi connectivity index (χ0v) is 15.7. The first-order chi connectivity index (χ1) is 13.0. The highest BCUT2D eigenvalue weighted by Crippen LogP contribution is 2.22. The zero-order chi connectivity index (χ0) is 19.4. The van der Waals surface area contributed by atoms with Crippen molar-refractivity contribution in [2.75, 3.05) is 20.1 Å². The van der Waals surface area contributed by atoms with Crippen LogP contribution < -0.4 is 0 Å². The van der Waals surface area contributed by atoms with Gasteiger partial charge in [-0.2, -0.15) is 5.10 Å². The van der Waals surface area contributed by atoms with Crippen LogP contribution in [0, 0.1) is 5.82 Å². The minimum absolute atomic E-state index is 0.0318. The average Bonchev–Trinajstić information content (AvgIpc) is 3.32. The summed E-state index contributed by atoms with van der Waals surface area (Å²) in [4.78, 5) is 28.6. The number of hydrogen-bond donors (Lipinski definition) is 0. The number of rotatable bonds is 6. The second kappa shape index (κ2) is 8.33. The van der Waals surface area contributed by atoms with E-state index in [1.165, 1.54) is 17.0 Å². The summed E-state index contributed by atoms with van der Waals surface area (Å²) in [5, 5.41) is 4.09. The topological polar surface area (TPSA) is 58.4 Å². The van der Waals surface area contributed by atoms with Crippen LogP contribution in [0.4, 0.5) is 4.39 Å². The van der Waals surface area contributed by atoms with Gasteiger partial charge in [0.05, 0.1) is 6.54 Å². The van der Waals surface area contributed by atoms with Crippen molar-refractivity contribution in [1.82, 2.24) is 19.6 Å². The number of carbonyl (C=O) groups is 2. The molecule has 2 amide bonds. The molecule has 2 heterocycles. The van der Waals surface area contributed by atoms with E-state index in [-0.39, 0.29) is 30.2 Å². The highest BCUT2D eigenvalue weighted by Gasteiger charge is 2.30. The van der Waals surface area contributed by atoms with Gasteiger partial charge in [0.1, 0.15) is 11.9 Å². The Hall–Kier alpha value is -2.70. The summed E-state index contributed by atoms with van der Waals surface area (Å²) in [6, 6.07) is 7.85. The van der Waals surface area contributed by atoms with Gasteiger partial charge in [-0.05, 0) is 49.9 Å². The van der Waals surface area contributed by atoms with Crippen LogP contribution in [-0.4, -0.2) is 57.6 Å². The number of carbonyl (C=O) groups excluding carboxylic acids is 2. The van der Waals surface area contributed by atoms with Gasteiger partial charge >= 0.3 is 0 Å². The molecule has 27 heavy (non-hydrogen) atoms. The lowest BCUT2D eigenvalue weighted by Gasteiger charge is -2.28. The molecule has 0 N–H and O–H groups in total. The smallest absolute Gasteiger partial charge is 0.247 e. The third-order valence-electron chi connectivity index (χ3n) is 5.09. The standard InChI is InChI=1S/C20H25FN4O2/c1-15(25-11-5-9-22-25)20(27)23(2)14-19(26)24-10-4-8-18(24)13-16-6-3-7-17(21)12-16/h3,5-7,9,11-12,15,18H,4,8,10,13-14H2,1-2H3. The van der Waals surface area contributed by atoms with Crippen LogP contribution in [0.1, 0.15) is 31.4 Å². The molecule has 0 saturated carbocycles. The molecule has 0 spiro atoms. The molecule has 1 aromatic carbocycles. The van der Waals surface area contributed by atoms with Gasteiger partial charge in [-0.15, -0.1) is 0 Å². The third-order valence-corrected chi connectivity index (χ3v) is 5.09. The van der Waals surface area contributed by atoms with Gasteiger partial charge in [0.25, 0.3) is 0 Å². The van der Waals surface area contributed by atoms with Crippen molar-refractivity contribution in [2.24, 2.45) is 0 Å². The molecule has 1 saturated heterocycles. The van der Waals surface area contributed by atoms with Crippen LogP contribution >= 0.6 is 0 Å². The fraction of sp³-hybridized carbons (Fsp3) is 0.450. The first-order valence-electron chi connectivity index (χ1n) is 9.23. The molecule has 2 unspecified atom stereocenters. The van der Waals surface area contributed by atoms with E-state index in [1.807, 2.05) is 11.0 Å². The van der Waals surface area contributed by atoms with Crippen LogP contribution in [0.3, 0.4) is 0 Å². The Bertz CT molecular complexity index is 793. The van der Waals surface area contributed by atoms with Crippen molar-refractivity contribution < 1.29 is 14.0 Å². The molecule has 0 radical (unpaired) electrons. The van der Waals surface area contributed by atoms with Crippen molar-refractivity contribution in [2.45, 2.75) is 38.3 Å². The van der Waals surface area contributed by atoms with Crippen molar-refractivity contribution in [3.05, 3.63) is 54.1 Å². The lowest BCUT2D eigenvalue weighted by molar-refractivity contribution is -0.141. The molecule has 1 aromatic heterocycles. The predicted octanol–water partition coefficient (Wildman–Crippen LogP) is 2.28. The number of likely N-dealkylation sites (tertiary alicyclic amines) is 1. The lowest BCUT2D eigenvalue weighted by Crippen LogP contribution is -2.45. The maximum Gasteiger partial charge on any atom is 0.247 e. The van der Waals surface area contributed by atoms with E-state index in [2.05, 4.69) is 5.10 Å². The highest BCUT2D eigenvalue weighted by atomic mass is 19.1. The molecule has 0 aliphatic carbocycles. The summed E-state index contributed by atoms with van der Waals surface area (Å²) in [5.41, 5.74) is 0.886. The number of halogens is 1. The van der Waals surface area contributed by atoms with Crippen LogP contribution in [0.2, 0.25) is 0 Å². The quantitative estimate of drug-likeness (QED) is 0.782. The molecule has 1 aliphatic rings. The van der Waals surface area contributed by atoms with E-state index in [9.17, 15) is 14.0 Å². The first kappa shape index (κ1) is 19.1. The van der Waals surface area contributed by atoms with Gasteiger partial charge in [-0.3, -0.25) is 14.3 Å². The number of nitrogens with zero attached hydrogens (tertiary/aromatic N) is 4. The Morgan fingerprint density at radius 1 is 1.37 bits per heavy atom. The molecule has 0 bridgehead atoms. The molecule has 2 aromatic rings. The predicted molar refractivity (Wildman–Crippen MR) is 99.4 cm³/mol. The van der Waals surface area contributed by atoms with Gasteiger partial charge in [0, 0.05) is 32.0 Å². The molecule has 1 aliphatic heterocycles. The van der Waals surface area contributed by atoms with Crippen molar-refractivity contribution in [3.63, 3.8) is 0 Å². The number of amides is 2. The van der Waals surface area contributed by atoms with E-state index in [0.29, 0.717) is 13.0 Å². The molecule has 144 valence electrons. The Balaban J connectivity index is 1.59. The molecule has 6 nitrogen and oxygen atoms in total. The molecule has 1 fully saturated rings. The van der Waals surface area contributed by atoms with E-state index in [1.54, 1.807) is 43.2 Å². The molecule has 2 atom stereocenters. The minimum Gasteiger partial charge on any atom is -0.338 e. The number of hydrogen-bond acceptors (Lipinski definition) is 3. The summed E-state index contributed by atoms with van der Waals surface area (Å²) in [6.07, 6.45) is 5.80. The number of likely N-dealkylation sites (N-methyl/N-ethyl adjacent to an activating group) is 1. The third kappa shape index (κ3) is 4.53. The lowest BCUT2D eigenvalue weighted by atomic mass is 10.0.